The molecule has 1 aliphatic heterocycles. The van der Waals surface area contributed by atoms with Crippen LogP contribution in [0.3, 0.4) is 0 Å². The Labute approximate surface area is 195 Å². The van der Waals surface area contributed by atoms with Gasteiger partial charge in [-0.3, -0.25) is 0 Å². The monoisotopic (exact) mass is 457 g/mol. The summed E-state index contributed by atoms with van der Waals surface area (Å²) in [6.07, 6.45) is 10.8. The zero-order valence-corrected chi connectivity index (χ0v) is 19.7. The first kappa shape index (κ1) is 24.5. The average Bonchev–Trinajstić information content (AvgIpc) is 2.78. The molecular weight excluding hydrogens is 424 g/mol. The SMILES string of the molecule is C=CC1C/C(C=N)=C(Nc2ccc(F)cc2)\C=C(/C)CCN(SC2C=CC(C)C(F)C2)C1. The minimum Gasteiger partial charge on any atom is -0.355 e. The number of allylic oxidation sites excluding steroid dienone is 3. The van der Waals surface area contributed by atoms with E-state index in [4.69, 9.17) is 5.41 Å². The highest BCUT2D eigenvalue weighted by atomic mass is 32.2. The van der Waals surface area contributed by atoms with Gasteiger partial charge in [0.25, 0.3) is 0 Å². The van der Waals surface area contributed by atoms with Crippen LogP contribution in [0.25, 0.3) is 0 Å². The first-order chi connectivity index (χ1) is 15.4. The summed E-state index contributed by atoms with van der Waals surface area (Å²) < 4.78 is 29.9. The van der Waals surface area contributed by atoms with Gasteiger partial charge in [0.15, 0.2) is 0 Å². The Hall–Kier alpha value is -2.18. The highest BCUT2D eigenvalue weighted by Crippen LogP contribution is 2.33. The number of rotatable bonds is 6. The van der Waals surface area contributed by atoms with Gasteiger partial charge in [0.1, 0.15) is 12.0 Å². The Bertz CT molecular complexity index is 891. The van der Waals surface area contributed by atoms with Crippen LogP contribution in [0.5, 0.6) is 0 Å². The number of hydrogen-bond acceptors (Lipinski definition) is 4. The third-order valence-corrected chi connectivity index (χ3v) is 7.24. The van der Waals surface area contributed by atoms with Gasteiger partial charge >= 0.3 is 0 Å². The van der Waals surface area contributed by atoms with Crippen LogP contribution in [-0.4, -0.2) is 35.0 Å². The van der Waals surface area contributed by atoms with Crippen molar-refractivity contribution < 1.29 is 8.78 Å². The zero-order valence-electron chi connectivity index (χ0n) is 18.9. The summed E-state index contributed by atoms with van der Waals surface area (Å²) in [6.45, 7) is 9.69. The van der Waals surface area contributed by atoms with E-state index in [0.29, 0.717) is 12.8 Å². The molecule has 0 amide bonds. The maximum absolute atomic E-state index is 14.2. The molecule has 2 N–H and O–H groups in total. The number of alkyl halides is 1. The highest BCUT2D eigenvalue weighted by Gasteiger charge is 2.26. The second kappa shape index (κ2) is 11.6. The van der Waals surface area contributed by atoms with E-state index in [0.717, 1.165) is 36.5 Å². The van der Waals surface area contributed by atoms with Gasteiger partial charge in [0.2, 0.25) is 0 Å². The summed E-state index contributed by atoms with van der Waals surface area (Å²) in [5.74, 6) is -0.131. The van der Waals surface area contributed by atoms with Crippen LogP contribution in [0.1, 0.15) is 33.1 Å². The molecule has 4 atom stereocenters. The summed E-state index contributed by atoms with van der Waals surface area (Å²) in [6, 6.07) is 6.25. The molecular formula is C26H33F2N3S. The van der Waals surface area contributed by atoms with E-state index in [1.165, 1.54) is 23.9 Å². The molecule has 0 radical (unpaired) electrons. The number of hydrogen-bond donors (Lipinski definition) is 2. The van der Waals surface area contributed by atoms with Gasteiger partial charge in [-0.05, 0) is 68.0 Å². The van der Waals surface area contributed by atoms with E-state index in [9.17, 15) is 8.78 Å². The van der Waals surface area contributed by atoms with E-state index in [1.54, 1.807) is 24.1 Å². The molecule has 32 heavy (non-hydrogen) atoms. The summed E-state index contributed by atoms with van der Waals surface area (Å²) in [7, 11) is 0. The van der Waals surface area contributed by atoms with Gasteiger partial charge in [-0.25, -0.2) is 13.1 Å². The Morgan fingerprint density at radius 3 is 2.66 bits per heavy atom. The minimum absolute atomic E-state index is 0.00990. The first-order valence-electron chi connectivity index (χ1n) is 11.2. The highest BCUT2D eigenvalue weighted by molar-refractivity contribution is 7.97. The van der Waals surface area contributed by atoms with Crippen LogP contribution in [0.2, 0.25) is 0 Å². The zero-order chi connectivity index (χ0) is 23.1. The molecule has 6 heteroatoms. The molecule has 1 aromatic carbocycles. The van der Waals surface area contributed by atoms with Crippen LogP contribution in [0.4, 0.5) is 14.5 Å². The smallest absolute Gasteiger partial charge is 0.123 e. The molecule has 0 fully saturated rings. The summed E-state index contributed by atoms with van der Waals surface area (Å²) in [4.78, 5) is 0. The van der Waals surface area contributed by atoms with Gasteiger partial charge in [-0.1, -0.05) is 42.7 Å². The lowest BCUT2D eigenvalue weighted by Gasteiger charge is -2.32. The van der Waals surface area contributed by atoms with Crippen LogP contribution in [-0.2, 0) is 0 Å². The van der Waals surface area contributed by atoms with Gasteiger partial charge in [0.05, 0.1) is 0 Å². The van der Waals surface area contributed by atoms with Crippen molar-refractivity contribution in [3.8, 4) is 0 Å². The summed E-state index contributed by atoms with van der Waals surface area (Å²) >= 11 is 1.73. The van der Waals surface area contributed by atoms with E-state index in [-0.39, 0.29) is 22.9 Å². The Balaban J connectivity index is 1.79. The first-order valence-corrected chi connectivity index (χ1v) is 12.0. The maximum atomic E-state index is 14.2. The lowest BCUT2D eigenvalue weighted by Crippen LogP contribution is -2.30. The standard InChI is InChI=1S/C26H33F2N3S/c1-4-20-14-21(16-29)26(30-23-8-6-22(27)7-9-23)13-18(2)11-12-31(17-20)32-24-10-5-19(3)25(28)15-24/h4-10,13,16,19-20,24-25,29-30H,1,11-12,14-15,17H2,2-3H3/b18-13+,26-21-,29-16?. The number of halogens is 2. The Kier molecular flexibility index (Phi) is 8.88. The fourth-order valence-corrected chi connectivity index (χ4v) is 5.21. The maximum Gasteiger partial charge on any atom is 0.123 e. The molecule has 1 heterocycles. The molecule has 1 aliphatic carbocycles. The molecule has 1 aromatic rings. The van der Waals surface area contributed by atoms with Crippen molar-refractivity contribution >= 4 is 23.8 Å². The lowest BCUT2D eigenvalue weighted by atomic mass is 9.95. The normalized spacial score (nSPS) is 31.4. The largest absolute Gasteiger partial charge is 0.355 e. The molecule has 0 saturated carbocycles. The van der Waals surface area contributed by atoms with E-state index in [2.05, 4.69) is 35.3 Å². The van der Waals surface area contributed by atoms with Crippen molar-refractivity contribution in [2.75, 3.05) is 18.4 Å². The molecule has 3 rings (SSSR count). The van der Waals surface area contributed by atoms with Crippen molar-refractivity contribution in [1.82, 2.24) is 4.31 Å². The van der Waals surface area contributed by atoms with Crippen LogP contribution < -0.4 is 5.32 Å². The van der Waals surface area contributed by atoms with Gasteiger partial charge in [-0.2, -0.15) is 0 Å². The van der Waals surface area contributed by atoms with Crippen molar-refractivity contribution in [1.29, 1.82) is 5.41 Å². The third kappa shape index (κ3) is 6.91. The van der Waals surface area contributed by atoms with Crippen LogP contribution >= 0.6 is 11.9 Å². The lowest BCUT2D eigenvalue weighted by molar-refractivity contribution is 0.253. The van der Waals surface area contributed by atoms with Crippen molar-refractivity contribution in [2.24, 2.45) is 11.8 Å². The van der Waals surface area contributed by atoms with Gasteiger partial charge in [0, 0.05) is 41.9 Å². The van der Waals surface area contributed by atoms with Gasteiger partial charge < -0.3 is 10.7 Å². The van der Waals surface area contributed by atoms with Crippen molar-refractivity contribution in [2.45, 2.75) is 44.5 Å². The predicted molar refractivity (Wildman–Crippen MR) is 133 cm³/mol. The number of benzene rings is 1. The molecule has 0 aromatic heterocycles. The minimum atomic E-state index is -0.789. The molecule has 2 aliphatic rings. The van der Waals surface area contributed by atoms with Crippen molar-refractivity contribution in [3.63, 3.8) is 0 Å². The molecule has 0 bridgehead atoms. The van der Waals surface area contributed by atoms with Crippen molar-refractivity contribution in [3.05, 3.63) is 77.8 Å². The Morgan fingerprint density at radius 1 is 1.25 bits per heavy atom. The fraction of sp³-hybridized carbons (Fsp3) is 0.423. The topological polar surface area (TPSA) is 39.1 Å². The van der Waals surface area contributed by atoms with E-state index >= 15 is 0 Å². The average molecular weight is 458 g/mol. The molecule has 0 spiro atoms. The Morgan fingerprint density at radius 2 is 2.00 bits per heavy atom. The van der Waals surface area contributed by atoms with Crippen LogP contribution in [0, 0.1) is 23.1 Å². The summed E-state index contributed by atoms with van der Waals surface area (Å²) in [5.41, 5.74) is 3.71. The molecule has 172 valence electrons. The van der Waals surface area contributed by atoms with E-state index < -0.39 is 6.17 Å². The number of nitrogens with one attached hydrogen (secondary N) is 2. The van der Waals surface area contributed by atoms with Gasteiger partial charge in [-0.15, -0.1) is 6.58 Å². The van der Waals surface area contributed by atoms with Crippen LogP contribution in [0.15, 0.2) is 72.0 Å². The third-order valence-electron chi connectivity index (χ3n) is 5.99. The predicted octanol–water partition coefficient (Wildman–Crippen LogP) is 6.94. The number of nitrogens with zero attached hydrogens (tertiary/aromatic N) is 1. The second-order valence-electron chi connectivity index (χ2n) is 8.68. The number of anilines is 1. The summed E-state index contributed by atoms with van der Waals surface area (Å²) in [5, 5.41) is 11.5. The molecule has 4 unspecified atom stereocenters. The second-order valence-corrected chi connectivity index (χ2v) is 10.0. The van der Waals surface area contributed by atoms with E-state index in [1.807, 2.05) is 19.1 Å². The molecule has 0 saturated heterocycles. The quantitative estimate of drug-likeness (QED) is 0.276. The molecule has 3 nitrogen and oxygen atoms in total. The fourth-order valence-electron chi connectivity index (χ4n) is 3.92.